The van der Waals surface area contributed by atoms with Gasteiger partial charge in [-0.25, -0.2) is 0 Å². The maximum absolute atomic E-state index is 9.76. The van der Waals surface area contributed by atoms with E-state index in [1.54, 1.807) is 0 Å². The van der Waals surface area contributed by atoms with Gasteiger partial charge in [-0.15, -0.1) is 0 Å². The van der Waals surface area contributed by atoms with Crippen molar-refractivity contribution < 1.29 is 5.11 Å². The van der Waals surface area contributed by atoms with E-state index in [4.69, 9.17) is 0 Å². The van der Waals surface area contributed by atoms with E-state index in [0.29, 0.717) is 16.1 Å². The van der Waals surface area contributed by atoms with Crippen molar-refractivity contribution in [2.75, 3.05) is 5.33 Å². The predicted molar refractivity (Wildman–Crippen MR) is 86.5 cm³/mol. The zero-order valence-corrected chi connectivity index (χ0v) is 14.7. The number of halogens is 2. The van der Waals surface area contributed by atoms with E-state index < -0.39 is 0 Å². The van der Waals surface area contributed by atoms with Crippen LogP contribution in [0.15, 0.2) is 23.8 Å². The Hall–Kier alpha value is 0.400. The molecule has 0 bridgehead atoms. The molecule has 0 aliphatic heterocycles. The third-order valence-electron chi connectivity index (χ3n) is 4.26. The molecule has 0 radical (unpaired) electrons. The topological polar surface area (TPSA) is 20.2 Å². The maximum atomic E-state index is 9.76. The SMILES string of the molecule is C=C1CC[C@H](Br)C(C)(C)[C@@H]1C/C=C(\C)C(O)CBr. The Morgan fingerprint density at radius 2 is 2.22 bits per heavy atom. The zero-order valence-electron chi connectivity index (χ0n) is 11.5. The van der Waals surface area contributed by atoms with Gasteiger partial charge < -0.3 is 5.11 Å². The number of hydrogen-bond donors (Lipinski definition) is 1. The van der Waals surface area contributed by atoms with Crippen LogP contribution in [-0.2, 0) is 0 Å². The molecule has 1 saturated carbocycles. The minimum Gasteiger partial charge on any atom is -0.388 e. The molecule has 3 atom stereocenters. The molecule has 1 aliphatic carbocycles. The van der Waals surface area contributed by atoms with Gasteiger partial charge in [0.25, 0.3) is 0 Å². The van der Waals surface area contributed by atoms with Gasteiger partial charge in [-0.05, 0) is 43.1 Å². The van der Waals surface area contributed by atoms with E-state index in [1.807, 2.05) is 6.92 Å². The van der Waals surface area contributed by atoms with Crippen LogP contribution >= 0.6 is 31.9 Å². The second-order valence-corrected chi connectivity index (χ2v) is 7.65. The first-order valence-electron chi connectivity index (χ1n) is 6.53. The summed E-state index contributed by atoms with van der Waals surface area (Å²) in [6, 6.07) is 0. The van der Waals surface area contributed by atoms with Crippen molar-refractivity contribution in [2.24, 2.45) is 11.3 Å². The summed E-state index contributed by atoms with van der Waals surface area (Å²) >= 11 is 7.12. The number of aliphatic hydroxyl groups is 1. The summed E-state index contributed by atoms with van der Waals surface area (Å²) in [5.74, 6) is 0.494. The van der Waals surface area contributed by atoms with Crippen LogP contribution in [0.4, 0.5) is 0 Å². The van der Waals surface area contributed by atoms with Gasteiger partial charge in [0, 0.05) is 10.2 Å². The predicted octanol–water partition coefficient (Wildman–Crippen LogP) is 4.83. The molecule has 0 amide bonds. The normalized spacial score (nSPS) is 30.3. The van der Waals surface area contributed by atoms with Gasteiger partial charge in [-0.2, -0.15) is 0 Å². The Labute approximate surface area is 128 Å². The summed E-state index contributed by atoms with van der Waals surface area (Å²) in [6.45, 7) is 10.9. The van der Waals surface area contributed by atoms with Gasteiger partial charge in [0.05, 0.1) is 6.10 Å². The van der Waals surface area contributed by atoms with Crippen LogP contribution < -0.4 is 0 Å². The molecule has 104 valence electrons. The molecule has 1 aliphatic rings. The summed E-state index contributed by atoms with van der Waals surface area (Å²) < 4.78 is 0. The zero-order chi connectivity index (χ0) is 13.9. The number of allylic oxidation sites excluding steroid dienone is 2. The highest BCUT2D eigenvalue weighted by molar-refractivity contribution is 9.09. The molecule has 1 nitrogen and oxygen atoms in total. The standard InChI is InChI=1S/C15H24Br2O/c1-10-6-8-14(17)15(3,4)12(10)7-5-11(2)13(18)9-16/h5,12-14,18H,1,6-9H2,2-4H3/b11-5+/t12-,13?,14+/m1/s1. The second kappa shape index (κ2) is 6.71. The third kappa shape index (κ3) is 3.71. The van der Waals surface area contributed by atoms with Crippen molar-refractivity contribution >= 4 is 31.9 Å². The fourth-order valence-corrected chi connectivity index (χ4v) is 3.69. The minimum atomic E-state index is -0.371. The molecular formula is C15H24Br2O. The summed E-state index contributed by atoms with van der Waals surface area (Å²) in [5, 5.41) is 10.4. The molecule has 0 spiro atoms. The number of hydrogen-bond acceptors (Lipinski definition) is 1. The quantitative estimate of drug-likeness (QED) is 0.547. The summed E-state index contributed by atoms with van der Waals surface area (Å²) in [4.78, 5) is 0.551. The van der Waals surface area contributed by atoms with Crippen molar-refractivity contribution in [2.45, 2.75) is 51.0 Å². The van der Waals surface area contributed by atoms with Crippen LogP contribution in [0.2, 0.25) is 0 Å². The van der Waals surface area contributed by atoms with Gasteiger partial charge in [-0.3, -0.25) is 0 Å². The number of rotatable bonds is 4. The molecule has 0 aromatic carbocycles. The third-order valence-corrected chi connectivity index (χ3v) is 6.52. The first-order chi connectivity index (χ1) is 8.30. The number of alkyl halides is 2. The van der Waals surface area contributed by atoms with Gasteiger partial charge in [0.15, 0.2) is 0 Å². The molecular weight excluding hydrogens is 356 g/mol. The van der Waals surface area contributed by atoms with Crippen LogP contribution in [0.25, 0.3) is 0 Å². The van der Waals surface area contributed by atoms with Crippen LogP contribution in [0, 0.1) is 11.3 Å². The van der Waals surface area contributed by atoms with E-state index >= 15 is 0 Å². The second-order valence-electron chi connectivity index (χ2n) is 5.89. The number of aliphatic hydroxyl groups excluding tert-OH is 1. The molecule has 3 heteroatoms. The highest BCUT2D eigenvalue weighted by Gasteiger charge is 2.40. The van der Waals surface area contributed by atoms with Crippen molar-refractivity contribution in [1.29, 1.82) is 0 Å². The van der Waals surface area contributed by atoms with Crippen LogP contribution in [0.5, 0.6) is 0 Å². The lowest BCUT2D eigenvalue weighted by atomic mass is 9.65. The van der Waals surface area contributed by atoms with Gasteiger partial charge in [0.2, 0.25) is 0 Å². The smallest absolute Gasteiger partial charge is 0.0844 e. The molecule has 0 aromatic heterocycles. The van der Waals surface area contributed by atoms with Crippen LogP contribution in [0.1, 0.15) is 40.0 Å². The highest BCUT2D eigenvalue weighted by Crippen LogP contribution is 2.48. The van der Waals surface area contributed by atoms with Crippen LogP contribution in [0.3, 0.4) is 0 Å². The van der Waals surface area contributed by atoms with E-state index in [-0.39, 0.29) is 11.5 Å². The van der Waals surface area contributed by atoms with E-state index in [0.717, 1.165) is 18.4 Å². The lowest BCUT2D eigenvalue weighted by molar-refractivity contribution is 0.203. The lowest BCUT2D eigenvalue weighted by Crippen LogP contribution is -2.38. The Morgan fingerprint density at radius 1 is 1.61 bits per heavy atom. The fourth-order valence-electron chi connectivity index (χ4n) is 2.63. The molecule has 0 heterocycles. The van der Waals surface area contributed by atoms with Crippen molar-refractivity contribution in [3.63, 3.8) is 0 Å². The average molecular weight is 380 g/mol. The Bertz CT molecular complexity index is 333. The van der Waals surface area contributed by atoms with Crippen molar-refractivity contribution in [3.05, 3.63) is 23.8 Å². The molecule has 1 rings (SSSR count). The van der Waals surface area contributed by atoms with Crippen LogP contribution in [-0.4, -0.2) is 21.4 Å². The molecule has 1 unspecified atom stereocenters. The molecule has 0 saturated heterocycles. The largest absolute Gasteiger partial charge is 0.388 e. The Kier molecular flexibility index (Phi) is 6.14. The minimum absolute atomic E-state index is 0.228. The monoisotopic (exact) mass is 378 g/mol. The fraction of sp³-hybridized carbons (Fsp3) is 0.733. The average Bonchev–Trinajstić information content (AvgIpc) is 2.32. The first-order valence-corrected chi connectivity index (χ1v) is 8.56. The van der Waals surface area contributed by atoms with Crippen molar-refractivity contribution in [1.82, 2.24) is 0 Å². The van der Waals surface area contributed by atoms with Gasteiger partial charge in [0.1, 0.15) is 0 Å². The first kappa shape index (κ1) is 16.5. The lowest BCUT2D eigenvalue weighted by Gasteiger charge is -2.44. The van der Waals surface area contributed by atoms with E-state index in [9.17, 15) is 5.11 Å². The highest BCUT2D eigenvalue weighted by atomic mass is 79.9. The van der Waals surface area contributed by atoms with Gasteiger partial charge in [-0.1, -0.05) is 63.9 Å². The van der Waals surface area contributed by atoms with E-state index in [2.05, 4.69) is 58.4 Å². The van der Waals surface area contributed by atoms with Gasteiger partial charge >= 0.3 is 0 Å². The molecule has 1 fully saturated rings. The molecule has 1 N–H and O–H groups in total. The summed E-state index contributed by atoms with van der Waals surface area (Å²) in [5.41, 5.74) is 2.63. The van der Waals surface area contributed by atoms with E-state index in [1.165, 1.54) is 12.0 Å². The maximum Gasteiger partial charge on any atom is 0.0844 e. The molecule has 18 heavy (non-hydrogen) atoms. The van der Waals surface area contributed by atoms with Crippen molar-refractivity contribution in [3.8, 4) is 0 Å². The Balaban J connectivity index is 2.78. The summed E-state index contributed by atoms with van der Waals surface area (Å²) in [7, 11) is 0. The summed E-state index contributed by atoms with van der Waals surface area (Å²) in [6.07, 6.45) is 5.07. The Morgan fingerprint density at radius 3 is 2.78 bits per heavy atom. The molecule has 0 aromatic rings.